The van der Waals surface area contributed by atoms with Crippen LogP contribution < -0.4 is 0 Å². The van der Waals surface area contributed by atoms with Crippen LogP contribution in [0, 0.1) is 0 Å². The second kappa shape index (κ2) is 41.3. The Kier molecular flexibility index (Phi) is 39.2. The number of phosphoric acid groups is 1. The molecule has 0 spiro atoms. The van der Waals surface area contributed by atoms with Crippen LogP contribution in [0.3, 0.4) is 0 Å². The number of esters is 2. The Morgan fingerprint density at radius 2 is 0.950 bits per heavy atom. The Bertz CT molecular complexity index is 1340. The molecule has 342 valence electrons. The summed E-state index contributed by atoms with van der Waals surface area (Å²) in [6, 6.07) is 0. The Morgan fingerprint density at radius 3 is 1.42 bits per heavy atom. The van der Waals surface area contributed by atoms with Crippen LogP contribution in [0.25, 0.3) is 0 Å². The van der Waals surface area contributed by atoms with Gasteiger partial charge in [-0.2, -0.15) is 0 Å². The van der Waals surface area contributed by atoms with Crippen LogP contribution in [-0.2, 0) is 32.7 Å². The number of unbranched alkanes of at least 4 members (excludes halogenated alkanes) is 10. The second-order valence-corrected chi connectivity index (χ2v) is 17.5. The minimum absolute atomic E-state index is 0.0152. The molecular formula is C50H85NO8P+. The van der Waals surface area contributed by atoms with Gasteiger partial charge in [0.05, 0.1) is 27.7 Å². The topological polar surface area (TPSA) is 108 Å². The first-order chi connectivity index (χ1) is 29.0. The van der Waals surface area contributed by atoms with Crippen molar-refractivity contribution in [2.75, 3.05) is 47.5 Å². The van der Waals surface area contributed by atoms with E-state index in [0.717, 1.165) is 89.9 Å². The third-order valence-electron chi connectivity index (χ3n) is 9.10. The number of hydrogen-bond donors (Lipinski definition) is 1. The van der Waals surface area contributed by atoms with Crippen LogP contribution in [0.2, 0.25) is 0 Å². The van der Waals surface area contributed by atoms with Crippen molar-refractivity contribution in [2.24, 2.45) is 0 Å². The molecule has 0 aromatic carbocycles. The van der Waals surface area contributed by atoms with Crippen molar-refractivity contribution in [3.05, 3.63) is 97.2 Å². The Labute approximate surface area is 366 Å². The zero-order chi connectivity index (χ0) is 44.3. The van der Waals surface area contributed by atoms with Crippen molar-refractivity contribution in [3.63, 3.8) is 0 Å². The summed E-state index contributed by atoms with van der Waals surface area (Å²) in [7, 11) is 1.42. The lowest BCUT2D eigenvalue weighted by Crippen LogP contribution is -2.37. The maximum absolute atomic E-state index is 12.7. The molecule has 0 aliphatic rings. The molecule has 0 amide bonds. The normalized spacial score (nSPS) is 14.4. The van der Waals surface area contributed by atoms with Gasteiger partial charge in [0.15, 0.2) is 6.10 Å². The van der Waals surface area contributed by atoms with Crippen molar-refractivity contribution < 1.29 is 42.1 Å². The summed E-state index contributed by atoms with van der Waals surface area (Å²) in [5.41, 5.74) is 0. The molecule has 2 atom stereocenters. The van der Waals surface area contributed by atoms with Gasteiger partial charge in [-0.1, -0.05) is 143 Å². The van der Waals surface area contributed by atoms with E-state index >= 15 is 0 Å². The summed E-state index contributed by atoms with van der Waals surface area (Å²) in [5.74, 6) is -0.872. The first-order valence-corrected chi connectivity index (χ1v) is 24.5. The molecule has 0 bridgehead atoms. The van der Waals surface area contributed by atoms with Gasteiger partial charge in [0, 0.05) is 12.8 Å². The molecule has 0 saturated carbocycles. The highest BCUT2D eigenvalue weighted by molar-refractivity contribution is 7.47. The molecule has 10 heteroatoms. The predicted octanol–water partition coefficient (Wildman–Crippen LogP) is 13.4. The summed E-state index contributed by atoms with van der Waals surface area (Å²) >= 11 is 0. The van der Waals surface area contributed by atoms with Gasteiger partial charge in [-0.15, -0.1) is 0 Å². The molecule has 60 heavy (non-hydrogen) atoms. The van der Waals surface area contributed by atoms with E-state index < -0.39 is 32.5 Å². The van der Waals surface area contributed by atoms with Gasteiger partial charge in [-0.3, -0.25) is 18.6 Å². The summed E-state index contributed by atoms with van der Waals surface area (Å²) in [4.78, 5) is 35.4. The fourth-order valence-corrected chi connectivity index (χ4v) is 6.26. The average Bonchev–Trinajstić information content (AvgIpc) is 3.20. The van der Waals surface area contributed by atoms with Crippen LogP contribution in [0.4, 0.5) is 0 Å². The van der Waals surface area contributed by atoms with Gasteiger partial charge in [-0.25, -0.2) is 4.57 Å². The first kappa shape index (κ1) is 56.9. The molecule has 0 saturated heterocycles. The standard InChI is InChI=1S/C50H84NO8P/c1-6-8-10-12-14-16-18-20-22-24-25-27-29-31-33-35-37-39-41-43-50(53)59-48(47-58-60(54,55)57-45-44-51(3,4)5)46-56-49(52)42-40-38-36-34-32-30-28-26-23-21-19-17-15-13-11-9-7-2/h8,10,14-17,20-23,25,27-28,30-31,33,48H,6-7,9,11-13,18-19,24,26,29,32,34-47H2,1-5H3/p+1/b10-8+,16-14+,17-15+,22-20+,23-21+,27-25+,30-28+,33-31+/t48-/m1/s1. The van der Waals surface area contributed by atoms with Gasteiger partial charge in [0.2, 0.25) is 0 Å². The zero-order valence-electron chi connectivity index (χ0n) is 38.4. The van der Waals surface area contributed by atoms with E-state index in [2.05, 4.69) is 111 Å². The van der Waals surface area contributed by atoms with Crippen molar-refractivity contribution >= 4 is 19.8 Å². The van der Waals surface area contributed by atoms with E-state index in [-0.39, 0.29) is 26.1 Å². The Morgan fingerprint density at radius 1 is 0.533 bits per heavy atom. The number of ether oxygens (including phenoxy) is 2. The number of nitrogens with zero attached hydrogens (tertiary/aromatic N) is 1. The summed E-state index contributed by atoms with van der Waals surface area (Å²) in [5, 5.41) is 0. The largest absolute Gasteiger partial charge is 0.472 e. The molecule has 0 fully saturated rings. The molecule has 9 nitrogen and oxygen atoms in total. The highest BCUT2D eigenvalue weighted by Crippen LogP contribution is 2.43. The van der Waals surface area contributed by atoms with E-state index in [1.54, 1.807) is 0 Å². The van der Waals surface area contributed by atoms with Crippen LogP contribution in [0.1, 0.15) is 155 Å². The van der Waals surface area contributed by atoms with Crippen molar-refractivity contribution in [1.82, 2.24) is 0 Å². The van der Waals surface area contributed by atoms with Gasteiger partial charge < -0.3 is 18.9 Å². The Balaban J connectivity index is 4.47. The van der Waals surface area contributed by atoms with Crippen LogP contribution in [0.15, 0.2) is 97.2 Å². The maximum Gasteiger partial charge on any atom is 0.472 e. The van der Waals surface area contributed by atoms with Gasteiger partial charge >= 0.3 is 19.8 Å². The minimum atomic E-state index is -4.40. The van der Waals surface area contributed by atoms with E-state index in [0.29, 0.717) is 23.9 Å². The third kappa shape index (κ3) is 44.5. The van der Waals surface area contributed by atoms with E-state index in [4.69, 9.17) is 18.5 Å². The number of carbonyl (C=O) groups excluding carboxylic acids is 2. The number of phosphoric ester groups is 1. The third-order valence-corrected chi connectivity index (χ3v) is 10.1. The van der Waals surface area contributed by atoms with Crippen molar-refractivity contribution in [3.8, 4) is 0 Å². The van der Waals surface area contributed by atoms with Gasteiger partial charge in [0.25, 0.3) is 0 Å². The fraction of sp³-hybridized carbons (Fsp3) is 0.640. The minimum Gasteiger partial charge on any atom is -0.462 e. The van der Waals surface area contributed by atoms with Gasteiger partial charge in [-0.05, 0) is 96.3 Å². The lowest BCUT2D eigenvalue weighted by molar-refractivity contribution is -0.870. The SMILES string of the molecule is CC/C=C/C/C=C/C/C=C/C/C=C/C/C=C/CCCCCC(=O)O[C@H](COC(=O)CCCCCC/C=C/C/C=C/C/C=C/CCCCC)COP(=O)(O)OCC[N+](C)(C)C. The lowest BCUT2D eigenvalue weighted by Gasteiger charge is -2.24. The molecule has 0 aliphatic heterocycles. The molecule has 1 N–H and O–H groups in total. The van der Waals surface area contributed by atoms with Crippen molar-refractivity contribution in [1.29, 1.82) is 0 Å². The highest BCUT2D eigenvalue weighted by Gasteiger charge is 2.27. The molecule has 0 aliphatic carbocycles. The van der Waals surface area contributed by atoms with Crippen LogP contribution >= 0.6 is 7.82 Å². The quantitative estimate of drug-likeness (QED) is 0.0213. The molecule has 0 radical (unpaired) electrons. The smallest absolute Gasteiger partial charge is 0.462 e. The maximum atomic E-state index is 12.7. The number of hydrogen-bond acceptors (Lipinski definition) is 7. The molecule has 0 aromatic rings. The van der Waals surface area contributed by atoms with E-state index in [9.17, 15) is 19.0 Å². The number of quaternary nitrogens is 1. The summed E-state index contributed by atoms with van der Waals surface area (Å²) in [6.45, 7) is 4.19. The average molecular weight is 859 g/mol. The van der Waals surface area contributed by atoms with E-state index in [1.165, 1.54) is 25.7 Å². The molecule has 0 heterocycles. The second-order valence-electron chi connectivity index (χ2n) is 16.0. The van der Waals surface area contributed by atoms with Crippen LogP contribution in [-0.4, -0.2) is 74.9 Å². The first-order valence-electron chi connectivity index (χ1n) is 23.0. The predicted molar refractivity (Wildman–Crippen MR) is 252 cm³/mol. The Hall–Kier alpha value is -3.07. The number of carbonyl (C=O) groups is 2. The molecule has 0 aromatic heterocycles. The number of allylic oxidation sites excluding steroid dienone is 16. The molecule has 0 rings (SSSR count). The summed E-state index contributed by atoms with van der Waals surface area (Å²) < 4.78 is 34.3. The van der Waals surface area contributed by atoms with Crippen LogP contribution in [0.5, 0.6) is 0 Å². The van der Waals surface area contributed by atoms with Gasteiger partial charge in [0.1, 0.15) is 19.8 Å². The lowest BCUT2D eigenvalue weighted by atomic mass is 10.1. The molecule has 1 unspecified atom stereocenters. The molecular weight excluding hydrogens is 774 g/mol. The van der Waals surface area contributed by atoms with Crippen molar-refractivity contribution in [2.45, 2.75) is 161 Å². The van der Waals surface area contributed by atoms with E-state index in [1.807, 2.05) is 21.1 Å². The fourth-order valence-electron chi connectivity index (χ4n) is 5.52. The number of likely N-dealkylation sites (N-methyl/N-ethyl adjacent to an activating group) is 1. The zero-order valence-corrected chi connectivity index (χ0v) is 39.3. The highest BCUT2D eigenvalue weighted by atomic mass is 31.2. The summed E-state index contributed by atoms with van der Waals surface area (Å²) in [6.07, 6.45) is 54.5. The number of rotatable bonds is 40. The monoisotopic (exact) mass is 859 g/mol.